The molecule has 116 valence electrons. The normalized spacial score (nSPS) is 12.7. The van der Waals surface area contributed by atoms with Crippen LogP contribution in [0.3, 0.4) is 0 Å². The summed E-state index contributed by atoms with van der Waals surface area (Å²) in [6.07, 6.45) is 1.02. The first kappa shape index (κ1) is 17.4. The highest BCUT2D eigenvalue weighted by Gasteiger charge is 2.17. The predicted molar refractivity (Wildman–Crippen MR) is 79.3 cm³/mol. The van der Waals surface area contributed by atoms with Crippen molar-refractivity contribution in [2.75, 3.05) is 17.3 Å². The molecule has 0 radical (unpaired) electrons. The average Bonchev–Trinajstić information content (AvgIpc) is 2.34. The van der Waals surface area contributed by atoms with Crippen LogP contribution in [0.1, 0.15) is 16.8 Å². The van der Waals surface area contributed by atoms with Crippen molar-refractivity contribution in [1.29, 1.82) is 0 Å². The van der Waals surface area contributed by atoms with Crippen molar-refractivity contribution in [3.05, 3.63) is 28.8 Å². The molecule has 21 heavy (non-hydrogen) atoms. The maximum Gasteiger partial charge on any atom is 0.335 e. The summed E-state index contributed by atoms with van der Waals surface area (Å²) in [6.45, 7) is 0. The molecule has 1 atom stereocenters. The van der Waals surface area contributed by atoms with E-state index in [4.69, 9.17) is 22.4 Å². The molecule has 0 bridgehead atoms. The minimum Gasteiger partial charge on any atom is -0.478 e. The Morgan fingerprint density at radius 3 is 2.52 bits per heavy atom. The number of sulfone groups is 1. The third-order valence-electron chi connectivity index (χ3n) is 2.55. The molecular formula is C12H15ClN2O5S. The van der Waals surface area contributed by atoms with Gasteiger partial charge in [-0.05, 0) is 24.6 Å². The molecule has 9 heteroatoms. The minimum absolute atomic E-state index is 0.0307. The first-order chi connectivity index (χ1) is 9.58. The Morgan fingerprint density at radius 1 is 1.38 bits per heavy atom. The number of rotatable bonds is 6. The van der Waals surface area contributed by atoms with Gasteiger partial charge in [0.15, 0.2) is 0 Å². The Bertz CT molecular complexity index is 660. The number of anilines is 1. The van der Waals surface area contributed by atoms with Crippen molar-refractivity contribution in [1.82, 2.24) is 0 Å². The zero-order valence-electron chi connectivity index (χ0n) is 11.2. The molecule has 0 aliphatic heterocycles. The summed E-state index contributed by atoms with van der Waals surface area (Å²) in [5, 5.41) is 11.4. The number of benzene rings is 1. The van der Waals surface area contributed by atoms with E-state index in [1.807, 2.05) is 0 Å². The number of amides is 1. The molecule has 1 unspecified atom stereocenters. The van der Waals surface area contributed by atoms with E-state index in [2.05, 4.69) is 5.32 Å². The maximum atomic E-state index is 11.8. The number of carbonyl (C=O) groups excluding carboxylic acids is 1. The van der Waals surface area contributed by atoms with Crippen LogP contribution < -0.4 is 11.1 Å². The average molecular weight is 335 g/mol. The summed E-state index contributed by atoms with van der Waals surface area (Å²) in [4.78, 5) is 22.7. The molecule has 0 aromatic heterocycles. The third-order valence-corrected chi connectivity index (χ3v) is 3.74. The first-order valence-electron chi connectivity index (χ1n) is 5.86. The van der Waals surface area contributed by atoms with Crippen molar-refractivity contribution in [3.63, 3.8) is 0 Å². The SMILES string of the molecule is CS(=O)(=O)CCC(N)C(=O)Nc1cc(Cl)cc(C(=O)O)c1. The lowest BCUT2D eigenvalue weighted by Crippen LogP contribution is -2.37. The molecule has 0 saturated heterocycles. The van der Waals surface area contributed by atoms with E-state index in [-0.39, 0.29) is 28.4 Å². The molecule has 1 aromatic carbocycles. The number of halogens is 1. The van der Waals surface area contributed by atoms with Gasteiger partial charge in [0.1, 0.15) is 9.84 Å². The van der Waals surface area contributed by atoms with Crippen LogP contribution in [0.4, 0.5) is 5.69 Å². The molecule has 1 rings (SSSR count). The molecule has 1 amide bonds. The van der Waals surface area contributed by atoms with Gasteiger partial charge in [-0.15, -0.1) is 0 Å². The van der Waals surface area contributed by atoms with Crippen molar-refractivity contribution in [2.24, 2.45) is 5.73 Å². The standard InChI is InChI=1S/C12H15ClN2O5S/c1-21(19,20)3-2-10(14)11(16)15-9-5-7(12(17)18)4-8(13)6-9/h4-6,10H,2-3,14H2,1H3,(H,15,16)(H,17,18). The molecule has 1 aromatic rings. The molecule has 0 aliphatic carbocycles. The van der Waals surface area contributed by atoms with Gasteiger partial charge in [-0.2, -0.15) is 0 Å². The summed E-state index contributed by atoms with van der Waals surface area (Å²) < 4.78 is 22.0. The highest BCUT2D eigenvalue weighted by atomic mass is 35.5. The quantitative estimate of drug-likeness (QED) is 0.704. The Balaban J connectivity index is 2.76. The monoisotopic (exact) mass is 334 g/mol. The Morgan fingerprint density at radius 2 is 2.00 bits per heavy atom. The zero-order valence-corrected chi connectivity index (χ0v) is 12.7. The number of nitrogens with one attached hydrogen (secondary N) is 1. The lowest BCUT2D eigenvalue weighted by molar-refractivity contribution is -0.117. The van der Waals surface area contributed by atoms with E-state index < -0.39 is 27.8 Å². The highest BCUT2D eigenvalue weighted by molar-refractivity contribution is 7.90. The van der Waals surface area contributed by atoms with E-state index in [1.54, 1.807) is 0 Å². The summed E-state index contributed by atoms with van der Waals surface area (Å²) >= 11 is 5.75. The van der Waals surface area contributed by atoms with Gasteiger partial charge in [0.25, 0.3) is 0 Å². The Kier molecular flexibility index (Phi) is 5.70. The van der Waals surface area contributed by atoms with E-state index in [9.17, 15) is 18.0 Å². The second-order valence-electron chi connectivity index (χ2n) is 4.55. The number of carboxylic acid groups (broad SMARTS) is 1. The molecule has 0 aliphatic rings. The van der Waals surface area contributed by atoms with E-state index in [0.717, 1.165) is 6.26 Å². The van der Waals surface area contributed by atoms with Gasteiger partial charge in [0.2, 0.25) is 5.91 Å². The molecule has 0 saturated carbocycles. The summed E-state index contributed by atoms with van der Waals surface area (Å²) in [7, 11) is -3.21. The number of hydrogen-bond donors (Lipinski definition) is 3. The lowest BCUT2D eigenvalue weighted by Gasteiger charge is -2.12. The largest absolute Gasteiger partial charge is 0.478 e. The molecule has 0 fully saturated rings. The highest BCUT2D eigenvalue weighted by Crippen LogP contribution is 2.19. The zero-order chi connectivity index (χ0) is 16.2. The fourth-order valence-corrected chi connectivity index (χ4v) is 2.41. The second-order valence-corrected chi connectivity index (χ2v) is 7.24. The number of aromatic carboxylic acids is 1. The van der Waals surface area contributed by atoms with Crippen LogP contribution in [0.5, 0.6) is 0 Å². The molecule has 4 N–H and O–H groups in total. The lowest BCUT2D eigenvalue weighted by atomic mass is 10.2. The molecular weight excluding hydrogens is 320 g/mol. The van der Waals surface area contributed by atoms with Crippen LogP contribution >= 0.6 is 11.6 Å². The summed E-state index contributed by atoms with van der Waals surface area (Å²) in [5.41, 5.74) is 5.68. The van der Waals surface area contributed by atoms with Crippen molar-refractivity contribution in [2.45, 2.75) is 12.5 Å². The second kappa shape index (κ2) is 6.88. The first-order valence-corrected chi connectivity index (χ1v) is 8.30. The Labute approximate surface area is 127 Å². The van der Waals surface area contributed by atoms with Crippen LogP contribution in [0.25, 0.3) is 0 Å². The van der Waals surface area contributed by atoms with Crippen LogP contribution in [0.15, 0.2) is 18.2 Å². The Hall–Kier alpha value is -1.64. The topological polar surface area (TPSA) is 127 Å². The van der Waals surface area contributed by atoms with Gasteiger partial charge in [-0.25, -0.2) is 13.2 Å². The van der Waals surface area contributed by atoms with Crippen molar-refractivity contribution >= 4 is 39.0 Å². The van der Waals surface area contributed by atoms with E-state index >= 15 is 0 Å². The van der Waals surface area contributed by atoms with Gasteiger partial charge in [0, 0.05) is 17.0 Å². The van der Waals surface area contributed by atoms with Crippen LogP contribution in [0, 0.1) is 0 Å². The number of carboxylic acids is 1. The fraction of sp³-hybridized carbons (Fsp3) is 0.333. The van der Waals surface area contributed by atoms with Gasteiger partial charge >= 0.3 is 5.97 Å². The summed E-state index contributed by atoms with van der Waals surface area (Å²) in [6, 6.07) is 2.82. The number of nitrogens with two attached hydrogens (primary N) is 1. The number of carbonyl (C=O) groups is 2. The smallest absolute Gasteiger partial charge is 0.335 e. The van der Waals surface area contributed by atoms with Gasteiger partial charge in [-0.1, -0.05) is 11.6 Å². The molecule has 0 heterocycles. The van der Waals surface area contributed by atoms with E-state index in [1.165, 1.54) is 18.2 Å². The van der Waals surface area contributed by atoms with E-state index in [0.29, 0.717) is 0 Å². The number of hydrogen-bond acceptors (Lipinski definition) is 5. The molecule has 0 spiro atoms. The third kappa shape index (κ3) is 6.11. The molecule has 7 nitrogen and oxygen atoms in total. The van der Waals surface area contributed by atoms with Crippen LogP contribution in [-0.4, -0.2) is 43.5 Å². The van der Waals surface area contributed by atoms with Crippen molar-refractivity contribution < 1.29 is 23.1 Å². The summed E-state index contributed by atoms with van der Waals surface area (Å²) in [5.74, 6) is -2.01. The van der Waals surface area contributed by atoms with Crippen LogP contribution in [0.2, 0.25) is 5.02 Å². The van der Waals surface area contributed by atoms with Crippen molar-refractivity contribution in [3.8, 4) is 0 Å². The van der Waals surface area contributed by atoms with Crippen LogP contribution in [-0.2, 0) is 14.6 Å². The minimum atomic E-state index is -3.21. The van der Waals surface area contributed by atoms with Gasteiger partial charge in [0.05, 0.1) is 17.4 Å². The fourth-order valence-electron chi connectivity index (χ4n) is 1.49. The maximum absolute atomic E-state index is 11.8. The van der Waals surface area contributed by atoms with Gasteiger partial charge in [-0.3, -0.25) is 4.79 Å². The predicted octanol–water partition coefficient (Wildman–Crippen LogP) is 0.739. The van der Waals surface area contributed by atoms with Gasteiger partial charge < -0.3 is 16.2 Å².